The van der Waals surface area contributed by atoms with Crippen LogP contribution in [0.5, 0.6) is 0 Å². The van der Waals surface area contributed by atoms with Gasteiger partial charge in [0.15, 0.2) is 0 Å². The number of ether oxygens (including phenoxy) is 2. The Balaban J connectivity index is 2.77. The minimum Gasteiger partial charge on any atom is -0.467 e. The normalized spacial score (nSPS) is 12.4. The Morgan fingerprint density at radius 3 is 2.52 bits per heavy atom. The zero-order valence-corrected chi connectivity index (χ0v) is 12.8. The summed E-state index contributed by atoms with van der Waals surface area (Å²) in [5.74, 6) is -0.539. The number of alkyl carbamates (subject to hydrolysis) is 1. The van der Waals surface area contributed by atoms with Gasteiger partial charge < -0.3 is 20.5 Å². The molecular weight excluding hydrogens is 272 g/mol. The topological polar surface area (TPSA) is 90.6 Å². The molecule has 0 aliphatic carbocycles. The van der Waals surface area contributed by atoms with Gasteiger partial charge in [0.05, 0.1) is 7.11 Å². The van der Waals surface area contributed by atoms with Crippen LogP contribution in [0.2, 0.25) is 0 Å². The third-order valence-corrected chi connectivity index (χ3v) is 2.57. The highest BCUT2D eigenvalue weighted by atomic mass is 16.6. The molecule has 6 nitrogen and oxygen atoms in total. The van der Waals surface area contributed by atoms with Gasteiger partial charge in [0, 0.05) is 12.1 Å². The zero-order valence-electron chi connectivity index (χ0n) is 12.8. The van der Waals surface area contributed by atoms with Crippen molar-refractivity contribution in [2.45, 2.75) is 38.8 Å². The zero-order chi connectivity index (χ0) is 16.0. The maximum Gasteiger partial charge on any atom is 0.408 e. The van der Waals surface area contributed by atoms with Gasteiger partial charge in [-0.15, -0.1) is 0 Å². The summed E-state index contributed by atoms with van der Waals surface area (Å²) in [6.07, 6.45) is -0.390. The van der Waals surface area contributed by atoms with Gasteiger partial charge in [-0.1, -0.05) is 12.1 Å². The third kappa shape index (κ3) is 6.16. The third-order valence-electron chi connectivity index (χ3n) is 2.57. The number of nitrogens with one attached hydrogen (secondary N) is 1. The summed E-state index contributed by atoms with van der Waals surface area (Å²) in [7, 11) is 1.27. The van der Waals surface area contributed by atoms with Crippen LogP contribution in [0.4, 0.5) is 10.5 Å². The summed E-state index contributed by atoms with van der Waals surface area (Å²) in [6, 6.07) is 6.27. The quantitative estimate of drug-likeness (QED) is 0.653. The smallest absolute Gasteiger partial charge is 0.408 e. The van der Waals surface area contributed by atoms with Crippen LogP contribution in [0.1, 0.15) is 26.3 Å². The molecule has 1 unspecified atom stereocenters. The van der Waals surface area contributed by atoms with Crippen LogP contribution in [0.15, 0.2) is 24.3 Å². The second kappa shape index (κ2) is 6.97. The molecule has 1 atom stereocenters. The van der Waals surface area contributed by atoms with Crippen molar-refractivity contribution in [2.75, 3.05) is 12.8 Å². The molecule has 0 aliphatic heterocycles. The molecule has 3 N–H and O–H groups in total. The van der Waals surface area contributed by atoms with Gasteiger partial charge in [0.2, 0.25) is 0 Å². The molecule has 0 saturated carbocycles. The molecule has 0 aliphatic rings. The second-order valence-electron chi connectivity index (χ2n) is 5.67. The monoisotopic (exact) mass is 294 g/mol. The summed E-state index contributed by atoms with van der Waals surface area (Å²) in [4.78, 5) is 23.6. The van der Waals surface area contributed by atoms with E-state index in [-0.39, 0.29) is 6.42 Å². The molecule has 1 rings (SSSR count). The summed E-state index contributed by atoms with van der Waals surface area (Å²) in [6.45, 7) is 5.24. The highest BCUT2D eigenvalue weighted by Crippen LogP contribution is 2.11. The highest BCUT2D eigenvalue weighted by Gasteiger charge is 2.25. The number of nitrogen functional groups attached to an aromatic ring is 1. The molecule has 1 aromatic carbocycles. The van der Waals surface area contributed by atoms with Gasteiger partial charge >= 0.3 is 12.1 Å². The number of carbonyl (C=O) groups is 2. The average Bonchev–Trinajstić information content (AvgIpc) is 2.34. The van der Waals surface area contributed by atoms with Crippen molar-refractivity contribution in [3.8, 4) is 0 Å². The SMILES string of the molecule is COC(=O)C(Cc1cccc(N)c1)NC(=O)OC(C)(C)C. The maximum absolute atomic E-state index is 11.8. The number of esters is 1. The van der Waals surface area contributed by atoms with Crippen molar-refractivity contribution in [1.82, 2.24) is 5.32 Å². The number of amides is 1. The maximum atomic E-state index is 11.8. The van der Waals surface area contributed by atoms with Crippen LogP contribution in [0.25, 0.3) is 0 Å². The van der Waals surface area contributed by atoms with E-state index >= 15 is 0 Å². The molecule has 0 heterocycles. The molecule has 0 spiro atoms. The molecule has 21 heavy (non-hydrogen) atoms. The molecular formula is C15H22N2O4. The van der Waals surface area contributed by atoms with Crippen LogP contribution in [-0.4, -0.2) is 30.8 Å². The summed E-state index contributed by atoms with van der Waals surface area (Å²) < 4.78 is 9.85. The minimum atomic E-state index is -0.827. The molecule has 0 saturated heterocycles. The van der Waals surface area contributed by atoms with Crippen LogP contribution >= 0.6 is 0 Å². The lowest BCUT2D eigenvalue weighted by atomic mass is 10.1. The van der Waals surface area contributed by atoms with Crippen LogP contribution in [0.3, 0.4) is 0 Å². The first-order valence-corrected chi connectivity index (χ1v) is 6.63. The van der Waals surface area contributed by atoms with E-state index in [2.05, 4.69) is 5.32 Å². The molecule has 1 amide bonds. The van der Waals surface area contributed by atoms with E-state index in [1.165, 1.54) is 7.11 Å². The molecule has 1 aromatic rings. The Hall–Kier alpha value is -2.24. The first-order chi connectivity index (χ1) is 9.71. The van der Waals surface area contributed by atoms with Crippen molar-refractivity contribution >= 4 is 17.7 Å². The number of nitrogens with two attached hydrogens (primary N) is 1. The van der Waals surface area contributed by atoms with E-state index in [1.54, 1.807) is 39.0 Å². The Bertz CT molecular complexity index is 509. The largest absolute Gasteiger partial charge is 0.467 e. The van der Waals surface area contributed by atoms with Gasteiger partial charge in [-0.25, -0.2) is 9.59 Å². The van der Waals surface area contributed by atoms with Gasteiger partial charge in [-0.3, -0.25) is 0 Å². The number of rotatable bonds is 4. The molecule has 0 radical (unpaired) electrons. The van der Waals surface area contributed by atoms with Crippen molar-refractivity contribution in [3.05, 3.63) is 29.8 Å². The fraction of sp³-hybridized carbons (Fsp3) is 0.467. The van der Waals surface area contributed by atoms with Gasteiger partial charge in [0.25, 0.3) is 0 Å². The highest BCUT2D eigenvalue weighted by molar-refractivity contribution is 5.81. The number of hydrogen-bond acceptors (Lipinski definition) is 5. The molecule has 0 bridgehead atoms. The van der Waals surface area contributed by atoms with Crippen molar-refractivity contribution in [2.24, 2.45) is 0 Å². The predicted molar refractivity (Wildman–Crippen MR) is 79.7 cm³/mol. The van der Waals surface area contributed by atoms with Gasteiger partial charge in [0.1, 0.15) is 11.6 Å². The lowest BCUT2D eigenvalue weighted by Gasteiger charge is -2.22. The Morgan fingerprint density at radius 2 is 2.00 bits per heavy atom. The van der Waals surface area contributed by atoms with Crippen LogP contribution in [-0.2, 0) is 20.7 Å². The fourth-order valence-electron chi connectivity index (χ4n) is 1.74. The van der Waals surface area contributed by atoms with E-state index in [1.807, 2.05) is 6.07 Å². The van der Waals surface area contributed by atoms with Gasteiger partial charge in [-0.05, 0) is 38.5 Å². The minimum absolute atomic E-state index is 0.275. The molecule has 116 valence electrons. The standard InChI is InChI=1S/C15H22N2O4/c1-15(2,3)21-14(19)17-12(13(18)20-4)9-10-6-5-7-11(16)8-10/h5-8,12H,9,16H2,1-4H3,(H,17,19). The second-order valence-corrected chi connectivity index (χ2v) is 5.67. The number of hydrogen-bond donors (Lipinski definition) is 2. The summed E-state index contributed by atoms with van der Waals surface area (Å²) >= 11 is 0. The first-order valence-electron chi connectivity index (χ1n) is 6.63. The average molecular weight is 294 g/mol. The van der Waals surface area contributed by atoms with Crippen molar-refractivity contribution in [1.29, 1.82) is 0 Å². The van der Waals surface area contributed by atoms with Crippen LogP contribution in [0, 0.1) is 0 Å². The molecule has 0 fully saturated rings. The van der Waals surface area contributed by atoms with Gasteiger partial charge in [-0.2, -0.15) is 0 Å². The lowest BCUT2D eigenvalue weighted by Crippen LogP contribution is -2.45. The van der Waals surface area contributed by atoms with Crippen LogP contribution < -0.4 is 11.1 Å². The van der Waals surface area contributed by atoms with E-state index < -0.39 is 23.7 Å². The number of benzene rings is 1. The van der Waals surface area contributed by atoms with E-state index in [0.29, 0.717) is 5.69 Å². The summed E-state index contributed by atoms with van der Waals surface area (Å²) in [5.41, 5.74) is 6.47. The van der Waals surface area contributed by atoms with Crippen molar-refractivity contribution in [3.63, 3.8) is 0 Å². The van der Waals surface area contributed by atoms with E-state index in [4.69, 9.17) is 15.2 Å². The van der Waals surface area contributed by atoms with E-state index in [9.17, 15) is 9.59 Å². The Labute approximate surface area is 124 Å². The van der Waals surface area contributed by atoms with E-state index in [0.717, 1.165) is 5.56 Å². The molecule has 6 heteroatoms. The number of methoxy groups -OCH3 is 1. The lowest BCUT2D eigenvalue weighted by molar-refractivity contribution is -0.143. The summed E-state index contributed by atoms with van der Waals surface area (Å²) in [5, 5.41) is 2.52. The predicted octanol–water partition coefficient (Wildman–Crippen LogP) is 1.88. The molecule has 0 aromatic heterocycles. The Kier molecular flexibility index (Phi) is 5.58. The first kappa shape index (κ1) is 16.8. The number of anilines is 1. The number of carbonyl (C=O) groups excluding carboxylic acids is 2. The van der Waals surface area contributed by atoms with Crippen molar-refractivity contribution < 1.29 is 19.1 Å². The Morgan fingerprint density at radius 1 is 1.33 bits per heavy atom. The fourth-order valence-corrected chi connectivity index (χ4v) is 1.74.